The Kier molecular flexibility index (Phi) is 5.93. The van der Waals surface area contributed by atoms with Gasteiger partial charge in [-0.2, -0.15) is 5.10 Å². The average molecular weight is 325 g/mol. The number of carbonyl (C=O) groups is 1. The zero-order valence-corrected chi connectivity index (χ0v) is 12.6. The second kappa shape index (κ2) is 8.35. The fourth-order valence-corrected chi connectivity index (χ4v) is 1.85. The lowest BCUT2D eigenvalue weighted by atomic mass is 10.1. The summed E-state index contributed by atoms with van der Waals surface area (Å²) in [5.74, 6) is -0.638. The Morgan fingerprint density at radius 2 is 1.83 bits per heavy atom. The largest absolute Gasteiger partial charge is 0.378 e. The molecule has 24 heavy (non-hydrogen) atoms. The van der Waals surface area contributed by atoms with Crippen LogP contribution in [0.25, 0.3) is 6.08 Å². The van der Waals surface area contributed by atoms with Crippen molar-refractivity contribution in [3.63, 3.8) is 0 Å². The van der Waals surface area contributed by atoms with Gasteiger partial charge in [0.05, 0.1) is 4.92 Å². The number of rotatable bonds is 6. The highest BCUT2D eigenvalue weighted by molar-refractivity contribution is 5.84. The molecule has 0 aliphatic heterocycles. The monoisotopic (exact) mass is 325 g/mol. The minimum Gasteiger partial charge on any atom is -0.378 e. The number of carbonyl (C=O) groups excluding carboxylic acids is 1. The molecule has 0 heterocycles. The normalized spacial score (nSPS) is 12.4. The summed E-state index contributed by atoms with van der Waals surface area (Å²) in [5, 5.41) is 24.1. The molecule has 1 atom stereocenters. The van der Waals surface area contributed by atoms with Gasteiger partial charge < -0.3 is 5.11 Å². The first-order valence-electron chi connectivity index (χ1n) is 7.05. The van der Waals surface area contributed by atoms with E-state index in [-0.39, 0.29) is 5.69 Å². The van der Waals surface area contributed by atoms with E-state index in [4.69, 9.17) is 0 Å². The van der Waals surface area contributed by atoms with Gasteiger partial charge in [0.2, 0.25) is 0 Å². The van der Waals surface area contributed by atoms with E-state index in [2.05, 4.69) is 10.5 Å². The number of nitro groups is 1. The predicted octanol–water partition coefficient (Wildman–Crippen LogP) is 2.44. The first-order chi connectivity index (χ1) is 11.6. The number of nitrogens with one attached hydrogen (secondary N) is 1. The summed E-state index contributed by atoms with van der Waals surface area (Å²) >= 11 is 0. The molecule has 0 saturated carbocycles. The number of nitrogens with zero attached hydrogens (tertiary/aromatic N) is 2. The van der Waals surface area contributed by atoms with E-state index >= 15 is 0 Å². The number of hydrazone groups is 1. The Morgan fingerprint density at radius 3 is 2.46 bits per heavy atom. The number of amides is 1. The molecular weight excluding hydrogens is 310 g/mol. The number of hydrogen-bond donors (Lipinski definition) is 2. The molecule has 0 aliphatic rings. The van der Waals surface area contributed by atoms with E-state index in [1.807, 2.05) is 0 Å². The van der Waals surface area contributed by atoms with Crippen molar-refractivity contribution in [2.75, 3.05) is 0 Å². The van der Waals surface area contributed by atoms with Crippen molar-refractivity contribution in [1.82, 2.24) is 5.43 Å². The van der Waals surface area contributed by atoms with Crippen LogP contribution in [0.15, 0.2) is 65.8 Å². The van der Waals surface area contributed by atoms with E-state index in [0.29, 0.717) is 5.56 Å². The number of aliphatic hydroxyl groups excluding tert-OH is 1. The van der Waals surface area contributed by atoms with Crippen LogP contribution in [0.5, 0.6) is 0 Å². The van der Waals surface area contributed by atoms with Crippen LogP contribution >= 0.6 is 0 Å². The highest BCUT2D eigenvalue weighted by Gasteiger charge is 2.15. The van der Waals surface area contributed by atoms with E-state index in [0.717, 1.165) is 5.56 Å². The van der Waals surface area contributed by atoms with Gasteiger partial charge in [-0.05, 0) is 29.3 Å². The number of benzene rings is 2. The smallest absolute Gasteiger partial charge is 0.273 e. The number of nitro benzene ring substituents is 1. The van der Waals surface area contributed by atoms with Crippen molar-refractivity contribution in [1.29, 1.82) is 0 Å². The van der Waals surface area contributed by atoms with Crippen molar-refractivity contribution in [2.45, 2.75) is 6.10 Å². The maximum atomic E-state index is 11.7. The lowest BCUT2D eigenvalue weighted by Gasteiger charge is -2.08. The van der Waals surface area contributed by atoms with Gasteiger partial charge in [-0.1, -0.05) is 36.4 Å². The van der Waals surface area contributed by atoms with Gasteiger partial charge in [-0.25, -0.2) is 5.43 Å². The van der Waals surface area contributed by atoms with Gasteiger partial charge in [0.25, 0.3) is 11.6 Å². The van der Waals surface area contributed by atoms with Crippen LogP contribution in [-0.2, 0) is 4.79 Å². The highest BCUT2D eigenvalue weighted by Crippen LogP contribution is 2.13. The van der Waals surface area contributed by atoms with Crippen LogP contribution in [0.3, 0.4) is 0 Å². The van der Waals surface area contributed by atoms with Crippen molar-refractivity contribution in [2.24, 2.45) is 5.10 Å². The maximum absolute atomic E-state index is 11.7. The molecule has 0 bridgehead atoms. The third-order valence-corrected chi connectivity index (χ3v) is 3.09. The number of aliphatic hydroxyl groups is 1. The summed E-state index contributed by atoms with van der Waals surface area (Å²) in [7, 11) is 0. The van der Waals surface area contributed by atoms with E-state index in [1.165, 1.54) is 18.3 Å². The van der Waals surface area contributed by atoms with Gasteiger partial charge in [0.1, 0.15) is 0 Å². The number of non-ortho nitro benzene ring substituents is 1. The molecule has 0 aromatic heterocycles. The zero-order valence-electron chi connectivity index (χ0n) is 12.6. The van der Waals surface area contributed by atoms with E-state index < -0.39 is 16.9 Å². The van der Waals surface area contributed by atoms with E-state index in [1.54, 1.807) is 54.6 Å². The molecular formula is C17H15N3O4. The molecule has 0 radical (unpaired) electrons. The summed E-state index contributed by atoms with van der Waals surface area (Å²) in [4.78, 5) is 21.8. The Bertz CT molecular complexity index is 755. The molecule has 2 rings (SSSR count). The summed E-state index contributed by atoms with van der Waals surface area (Å²) in [6.07, 6.45) is 3.29. The summed E-state index contributed by atoms with van der Waals surface area (Å²) in [6, 6.07) is 14.5. The van der Waals surface area contributed by atoms with Crippen LogP contribution in [0.2, 0.25) is 0 Å². The Hall–Kier alpha value is -3.32. The maximum Gasteiger partial charge on any atom is 0.273 e. The first-order valence-corrected chi connectivity index (χ1v) is 7.05. The second-order valence-corrected chi connectivity index (χ2v) is 4.78. The Morgan fingerprint density at radius 1 is 1.17 bits per heavy atom. The summed E-state index contributed by atoms with van der Waals surface area (Å²) < 4.78 is 0. The molecule has 0 spiro atoms. The molecule has 2 aromatic rings. The van der Waals surface area contributed by atoms with Gasteiger partial charge in [0.15, 0.2) is 6.10 Å². The topological polar surface area (TPSA) is 105 Å². The fraction of sp³-hybridized carbons (Fsp3) is 0.0588. The summed E-state index contributed by atoms with van der Waals surface area (Å²) in [6.45, 7) is 0. The first kappa shape index (κ1) is 17.0. The van der Waals surface area contributed by atoms with Crippen LogP contribution in [0.1, 0.15) is 17.2 Å². The standard InChI is InChI=1S/C17H15N3O4/c21-16(14-6-2-1-3-7-14)17(22)19-18-12-4-5-13-8-10-15(11-9-13)20(23)24/h1-12,16,21H,(H,19,22)/b5-4+,18-12-/t16-/m1/s1. The Balaban J connectivity index is 1.85. The highest BCUT2D eigenvalue weighted by atomic mass is 16.6. The molecule has 0 aliphatic carbocycles. The lowest BCUT2D eigenvalue weighted by Crippen LogP contribution is -2.24. The molecule has 1 amide bonds. The van der Waals surface area contributed by atoms with E-state index in [9.17, 15) is 20.0 Å². The van der Waals surface area contributed by atoms with Crippen LogP contribution < -0.4 is 5.43 Å². The van der Waals surface area contributed by atoms with Gasteiger partial charge in [-0.15, -0.1) is 0 Å². The molecule has 7 heteroatoms. The summed E-state index contributed by atoms with van der Waals surface area (Å²) in [5.41, 5.74) is 3.48. The predicted molar refractivity (Wildman–Crippen MR) is 90.2 cm³/mol. The molecule has 0 fully saturated rings. The number of hydrogen-bond acceptors (Lipinski definition) is 5. The third kappa shape index (κ3) is 4.85. The number of allylic oxidation sites excluding steroid dienone is 1. The second-order valence-electron chi connectivity index (χ2n) is 4.78. The van der Waals surface area contributed by atoms with Gasteiger partial charge in [0, 0.05) is 18.3 Å². The minimum absolute atomic E-state index is 0.0166. The van der Waals surface area contributed by atoms with Crippen LogP contribution in [-0.4, -0.2) is 22.2 Å². The van der Waals surface area contributed by atoms with Crippen molar-refractivity contribution < 1.29 is 14.8 Å². The van der Waals surface area contributed by atoms with Crippen LogP contribution in [0, 0.1) is 10.1 Å². The molecule has 7 nitrogen and oxygen atoms in total. The SMILES string of the molecule is O=C(N/N=C\C=C\c1ccc([N+](=O)[O-])cc1)[C@H](O)c1ccccc1. The zero-order chi connectivity index (χ0) is 17.4. The van der Waals surface area contributed by atoms with Crippen molar-refractivity contribution >= 4 is 23.9 Å². The lowest BCUT2D eigenvalue weighted by molar-refractivity contribution is -0.384. The molecule has 2 aromatic carbocycles. The van der Waals surface area contributed by atoms with Crippen LogP contribution in [0.4, 0.5) is 5.69 Å². The molecule has 0 saturated heterocycles. The molecule has 2 N–H and O–H groups in total. The quantitative estimate of drug-likeness (QED) is 0.483. The fourth-order valence-electron chi connectivity index (χ4n) is 1.85. The van der Waals surface area contributed by atoms with Gasteiger partial charge >= 0.3 is 0 Å². The third-order valence-electron chi connectivity index (χ3n) is 3.09. The van der Waals surface area contributed by atoms with Gasteiger partial charge in [-0.3, -0.25) is 14.9 Å². The van der Waals surface area contributed by atoms with Crippen molar-refractivity contribution in [3.05, 3.63) is 81.9 Å². The average Bonchev–Trinajstić information content (AvgIpc) is 2.61. The molecule has 122 valence electrons. The minimum atomic E-state index is -1.29. The Labute approximate surface area is 138 Å². The van der Waals surface area contributed by atoms with Crippen molar-refractivity contribution in [3.8, 4) is 0 Å². The molecule has 0 unspecified atom stereocenters.